The number of ether oxygens (including phenoxy) is 1. The zero-order chi connectivity index (χ0) is 22.2. The molecule has 0 unspecified atom stereocenters. The molecule has 2 aliphatic heterocycles. The van der Waals surface area contributed by atoms with Crippen molar-refractivity contribution in [2.45, 2.75) is 32.6 Å². The third-order valence-electron chi connectivity index (χ3n) is 5.19. The molecule has 0 aromatic heterocycles. The number of thioether (sulfide) groups is 1. The maximum atomic E-state index is 12.8. The molecule has 0 saturated carbocycles. The lowest BCUT2D eigenvalue weighted by molar-refractivity contribution is -0.384. The Morgan fingerprint density at radius 3 is 2.53 bits per heavy atom. The number of β-lactam (4-membered cyclic amide) rings is 1. The van der Waals surface area contributed by atoms with Gasteiger partial charge in [-0.25, -0.2) is 4.79 Å². The molecule has 0 bridgehead atoms. The summed E-state index contributed by atoms with van der Waals surface area (Å²) in [6.45, 7) is 3.20. The molecular formula is C19H21N3O7S. The molecule has 2 amide bonds. The molecule has 30 heavy (non-hydrogen) atoms. The van der Waals surface area contributed by atoms with Crippen LogP contribution in [0.5, 0.6) is 0 Å². The van der Waals surface area contributed by atoms with E-state index in [2.05, 4.69) is 0 Å². The summed E-state index contributed by atoms with van der Waals surface area (Å²) in [7, 11) is 0. The lowest BCUT2D eigenvalue weighted by Gasteiger charge is -2.46. The van der Waals surface area contributed by atoms with Gasteiger partial charge in [0.25, 0.3) is 5.69 Å². The molecule has 0 aliphatic carbocycles. The molecule has 2 heterocycles. The summed E-state index contributed by atoms with van der Waals surface area (Å²) in [5, 5.41) is 20.7. The summed E-state index contributed by atoms with van der Waals surface area (Å²) < 4.78 is 5.34. The van der Waals surface area contributed by atoms with Crippen LogP contribution >= 0.6 is 11.8 Å². The monoisotopic (exact) mass is 435 g/mol. The molecule has 3 rings (SSSR count). The lowest BCUT2D eigenvalue weighted by Crippen LogP contribution is -2.63. The standard InChI is InChI=1S/C19H21N3O7S/c1-9-15-14(10(2)23)18(25)21(15)16(17(9)30-8-13(20)24)19(26)29-7-11-3-5-12(6-4-11)22(27)28/h3-6,9-10,14-15,23H,7-8H2,1-2H3,(H2,20,24)/t9-,10-,14-,15-/m1/s1. The van der Waals surface area contributed by atoms with E-state index in [9.17, 15) is 29.6 Å². The van der Waals surface area contributed by atoms with E-state index in [1.807, 2.05) is 6.92 Å². The van der Waals surface area contributed by atoms with Gasteiger partial charge in [0.15, 0.2) is 0 Å². The zero-order valence-corrected chi connectivity index (χ0v) is 17.1. The second-order valence-electron chi connectivity index (χ2n) is 7.22. The Kier molecular flexibility index (Phi) is 6.13. The molecular weight excluding hydrogens is 414 g/mol. The summed E-state index contributed by atoms with van der Waals surface area (Å²) in [6, 6.07) is 5.16. The third-order valence-corrected chi connectivity index (χ3v) is 6.49. The Balaban J connectivity index is 1.80. The van der Waals surface area contributed by atoms with Crippen molar-refractivity contribution in [1.29, 1.82) is 0 Å². The number of nitrogens with zero attached hydrogens (tertiary/aromatic N) is 2. The number of aliphatic hydroxyl groups is 1. The number of nitrogens with two attached hydrogens (primary N) is 1. The van der Waals surface area contributed by atoms with Crippen LogP contribution < -0.4 is 5.73 Å². The number of benzene rings is 1. The van der Waals surface area contributed by atoms with E-state index < -0.39 is 34.9 Å². The number of non-ortho nitro benzene ring substituents is 1. The van der Waals surface area contributed by atoms with E-state index in [1.54, 1.807) is 0 Å². The minimum absolute atomic E-state index is 0.0579. The predicted octanol–water partition coefficient (Wildman–Crippen LogP) is 0.926. The molecule has 2 aliphatic rings. The van der Waals surface area contributed by atoms with Crippen LogP contribution in [0.1, 0.15) is 19.4 Å². The number of carbonyl (C=O) groups is 3. The maximum Gasteiger partial charge on any atom is 0.356 e. The number of esters is 1. The topological polar surface area (TPSA) is 153 Å². The highest BCUT2D eigenvalue weighted by Crippen LogP contribution is 2.50. The number of fused-ring (bicyclic) bond motifs is 1. The van der Waals surface area contributed by atoms with Crippen LogP contribution in [0.25, 0.3) is 0 Å². The fourth-order valence-corrected chi connectivity index (χ4v) is 4.80. The van der Waals surface area contributed by atoms with Crippen LogP contribution in [0, 0.1) is 22.0 Å². The van der Waals surface area contributed by atoms with E-state index in [0.29, 0.717) is 10.5 Å². The molecule has 3 N–H and O–H groups in total. The summed E-state index contributed by atoms with van der Waals surface area (Å²) >= 11 is 1.08. The highest BCUT2D eigenvalue weighted by molar-refractivity contribution is 8.03. The normalized spacial score (nSPS) is 23.6. The Labute approximate surface area is 176 Å². The summed E-state index contributed by atoms with van der Waals surface area (Å²) in [5.41, 5.74) is 5.74. The van der Waals surface area contributed by atoms with Crippen molar-refractivity contribution in [3.05, 3.63) is 50.5 Å². The zero-order valence-electron chi connectivity index (χ0n) is 16.3. The number of hydrogen-bond donors (Lipinski definition) is 2. The number of amides is 2. The second-order valence-corrected chi connectivity index (χ2v) is 8.24. The number of rotatable bonds is 8. The van der Waals surface area contributed by atoms with Crippen LogP contribution in [-0.4, -0.2) is 50.6 Å². The fraction of sp³-hybridized carbons (Fsp3) is 0.421. The minimum atomic E-state index is -0.876. The van der Waals surface area contributed by atoms with Gasteiger partial charge in [-0.1, -0.05) is 6.92 Å². The molecule has 1 aromatic carbocycles. The van der Waals surface area contributed by atoms with Gasteiger partial charge in [0.2, 0.25) is 11.8 Å². The van der Waals surface area contributed by atoms with Crippen molar-refractivity contribution >= 4 is 35.2 Å². The predicted molar refractivity (Wildman–Crippen MR) is 107 cm³/mol. The van der Waals surface area contributed by atoms with Gasteiger partial charge >= 0.3 is 5.97 Å². The molecule has 0 spiro atoms. The van der Waals surface area contributed by atoms with Crippen molar-refractivity contribution in [1.82, 2.24) is 4.90 Å². The number of hydrogen-bond acceptors (Lipinski definition) is 8. The maximum absolute atomic E-state index is 12.8. The number of carbonyl (C=O) groups excluding carboxylic acids is 3. The molecule has 1 saturated heterocycles. The van der Waals surface area contributed by atoms with Crippen molar-refractivity contribution < 1.29 is 29.2 Å². The Bertz CT molecular complexity index is 929. The minimum Gasteiger partial charge on any atom is -0.456 e. The smallest absolute Gasteiger partial charge is 0.356 e. The van der Waals surface area contributed by atoms with Crippen LogP contribution in [-0.2, 0) is 25.7 Å². The first-order chi connectivity index (χ1) is 14.1. The van der Waals surface area contributed by atoms with Gasteiger partial charge in [0, 0.05) is 23.0 Å². The largest absolute Gasteiger partial charge is 0.456 e. The van der Waals surface area contributed by atoms with Gasteiger partial charge in [0.1, 0.15) is 12.3 Å². The third kappa shape index (κ3) is 3.90. The molecule has 0 radical (unpaired) electrons. The molecule has 11 heteroatoms. The number of aliphatic hydroxyl groups excluding tert-OH is 1. The van der Waals surface area contributed by atoms with Crippen molar-refractivity contribution in [2.75, 3.05) is 5.75 Å². The quantitative estimate of drug-likeness (QED) is 0.265. The van der Waals surface area contributed by atoms with Crippen LogP contribution in [0.4, 0.5) is 5.69 Å². The van der Waals surface area contributed by atoms with Crippen molar-refractivity contribution in [2.24, 2.45) is 17.6 Å². The number of nitro benzene ring substituents is 1. The SMILES string of the molecule is C[C@@H](O)[C@H]1C(=O)N2C(C(=O)OCc3ccc([N+](=O)[O-])cc3)=C(SCC(N)=O)[C@H](C)[C@H]12. The molecule has 4 atom stereocenters. The molecule has 1 aromatic rings. The van der Waals surface area contributed by atoms with Gasteiger partial charge in [-0.2, -0.15) is 0 Å². The first-order valence-corrected chi connectivity index (χ1v) is 10.2. The first kappa shape index (κ1) is 21.8. The lowest BCUT2D eigenvalue weighted by atomic mass is 9.79. The van der Waals surface area contributed by atoms with Gasteiger partial charge in [-0.15, -0.1) is 11.8 Å². The van der Waals surface area contributed by atoms with E-state index in [0.717, 1.165) is 11.8 Å². The van der Waals surface area contributed by atoms with Crippen molar-refractivity contribution in [3.8, 4) is 0 Å². The van der Waals surface area contributed by atoms with Crippen LogP contribution in [0.2, 0.25) is 0 Å². The van der Waals surface area contributed by atoms with E-state index in [-0.39, 0.29) is 35.6 Å². The summed E-state index contributed by atoms with van der Waals surface area (Å²) in [6.07, 6.45) is -0.876. The van der Waals surface area contributed by atoms with Crippen LogP contribution in [0.3, 0.4) is 0 Å². The Hall–Kier alpha value is -2.92. The van der Waals surface area contributed by atoms with Gasteiger partial charge in [-0.3, -0.25) is 19.7 Å². The van der Waals surface area contributed by atoms with E-state index >= 15 is 0 Å². The molecule has 160 valence electrons. The number of primary amides is 1. The summed E-state index contributed by atoms with van der Waals surface area (Å²) in [4.78, 5) is 48.7. The highest BCUT2D eigenvalue weighted by atomic mass is 32.2. The van der Waals surface area contributed by atoms with E-state index in [4.69, 9.17) is 10.5 Å². The summed E-state index contributed by atoms with van der Waals surface area (Å²) in [5.74, 6) is -2.65. The van der Waals surface area contributed by atoms with E-state index in [1.165, 1.54) is 36.1 Å². The number of nitro groups is 1. The average molecular weight is 435 g/mol. The Morgan fingerprint density at radius 1 is 1.37 bits per heavy atom. The van der Waals surface area contributed by atoms with Crippen LogP contribution in [0.15, 0.2) is 34.9 Å². The Morgan fingerprint density at radius 2 is 2.00 bits per heavy atom. The van der Waals surface area contributed by atoms with Gasteiger partial charge in [0.05, 0.1) is 28.7 Å². The molecule has 1 fully saturated rings. The second kappa shape index (κ2) is 8.44. The fourth-order valence-electron chi connectivity index (χ4n) is 3.79. The molecule has 10 nitrogen and oxygen atoms in total. The van der Waals surface area contributed by atoms with Crippen molar-refractivity contribution in [3.63, 3.8) is 0 Å². The van der Waals surface area contributed by atoms with Gasteiger partial charge < -0.3 is 20.5 Å². The van der Waals surface area contributed by atoms with Gasteiger partial charge in [-0.05, 0) is 24.6 Å². The average Bonchev–Trinajstić information content (AvgIpc) is 2.92. The first-order valence-electron chi connectivity index (χ1n) is 9.20. The highest BCUT2D eigenvalue weighted by Gasteiger charge is 2.60.